The lowest BCUT2D eigenvalue weighted by atomic mass is 10.0. The topological polar surface area (TPSA) is 55.3 Å². The lowest BCUT2D eigenvalue weighted by Gasteiger charge is -2.34. The summed E-state index contributed by atoms with van der Waals surface area (Å²) in [5.74, 6) is 0.921. The Balaban J connectivity index is 1.71. The fourth-order valence-corrected chi connectivity index (χ4v) is 2.87. The zero-order valence-corrected chi connectivity index (χ0v) is 11.7. The highest BCUT2D eigenvalue weighted by Gasteiger charge is 2.22. The third-order valence-corrected chi connectivity index (χ3v) is 4.01. The predicted molar refractivity (Wildman–Crippen MR) is 79.0 cm³/mol. The second-order valence-electron chi connectivity index (χ2n) is 5.40. The molecule has 0 spiro atoms. The molecule has 2 N–H and O–H groups in total. The summed E-state index contributed by atoms with van der Waals surface area (Å²) in [4.78, 5) is 2.42. The van der Waals surface area contributed by atoms with Crippen LogP contribution >= 0.6 is 0 Å². The van der Waals surface area contributed by atoms with E-state index >= 15 is 0 Å². The Hall–Kier alpha value is -1.65. The van der Waals surface area contributed by atoms with Gasteiger partial charge in [-0.05, 0) is 19.4 Å². The Morgan fingerprint density at radius 1 is 1.25 bits per heavy atom. The molecule has 1 aliphatic rings. The predicted octanol–water partition coefficient (Wildman–Crippen LogP) is 2.65. The first-order valence-electron chi connectivity index (χ1n) is 7.32. The Kier molecular flexibility index (Phi) is 4.14. The zero-order valence-electron chi connectivity index (χ0n) is 11.7. The van der Waals surface area contributed by atoms with Gasteiger partial charge in [0.05, 0.1) is 6.54 Å². The standard InChI is InChI=1S/C16H21N3O/c17-11-14-8-4-5-9-19(14)12-15-10-16(18-20-15)13-6-2-1-3-7-13/h1-3,6-7,10,14H,4-5,8-9,11-12,17H2. The smallest absolute Gasteiger partial charge is 0.151 e. The molecule has 1 aliphatic heterocycles. The minimum atomic E-state index is 0.481. The zero-order chi connectivity index (χ0) is 13.8. The Morgan fingerprint density at radius 3 is 2.90 bits per heavy atom. The van der Waals surface area contributed by atoms with Crippen LogP contribution in [0, 0.1) is 0 Å². The van der Waals surface area contributed by atoms with Gasteiger partial charge in [-0.1, -0.05) is 41.9 Å². The summed E-state index contributed by atoms with van der Waals surface area (Å²) in [5.41, 5.74) is 7.85. The lowest BCUT2D eigenvalue weighted by Crippen LogP contribution is -2.43. The van der Waals surface area contributed by atoms with Gasteiger partial charge in [-0.15, -0.1) is 0 Å². The summed E-state index contributed by atoms with van der Waals surface area (Å²) < 4.78 is 5.48. The third-order valence-electron chi connectivity index (χ3n) is 4.01. The van der Waals surface area contributed by atoms with Crippen molar-refractivity contribution in [2.24, 2.45) is 5.73 Å². The van der Waals surface area contributed by atoms with Crippen molar-refractivity contribution in [1.82, 2.24) is 10.1 Å². The number of nitrogens with two attached hydrogens (primary N) is 1. The first-order chi connectivity index (χ1) is 9.86. The average Bonchev–Trinajstić information content (AvgIpc) is 2.97. The van der Waals surface area contributed by atoms with Gasteiger partial charge in [0.1, 0.15) is 5.69 Å². The number of hydrogen-bond donors (Lipinski definition) is 1. The van der Waals surface area contributed by atoms with E-state index < -0.39 is 0 Å². The Labute approximate surface area is 119 Å². The fourth-order valence-electron chi connectivity index (χ4n) is 2.87. The van der Waals surface area contributed by atoms with E-state index in [1.807, 2.05) is 36.4 Å². The molecule has 0 bridgehead atoms. The normalized spacial score (nSPS) is 20.1. The van der Waals surface area contributed by atoms with Crippen molar-refractivity contribution in [2.75, 3.05) is 13.1 Å². The number of aromatic nitrogens is 1. The van der Waals surface area contributed by atoms with E-state index in [2.05, 4.69) is 10.1 Å². The molecule has 2 heterocycles. The van der Waals surface area contributed by atoms with Crippen molar-refractivity contribution in [2.45, 2.75) is 31.8 Å². The second-order valence-corrected chi connectivity index (χ2v) is 5.40. The molecule has 1 fully saturated rings. The maximum Gasteiger partial charge on any atom is 0.151 e. The Morgan fingerprint density at radius 2 is 2.10 bits per heavy atom. The summed E-state index contributed by atoms with van der Waals surface area (Å²) in [5, 5.41) is 4.17. The molecule has 2 aromatic rings. The van der Waals surface area contributed by atoms with Gasteiger partial charge >= 0.3 is 0 Å². The number of likely N-dealkylation sites (tertiary alicyclic amines) is 1. The van der Waals surface area contributed by atoms with Crippen LogP contribution in [0.4, 0.5) is 0 Å². The molecule has 3 rings (SSSR count). The molecule has 106 valence electrons. The summed E-state index contributed by atoms with van der Waals surface area (Å²) in [6.07, 6.45) is 3.72. The van der Waals surface area contributed by atoms with Crippen molar-refractivity contribution in [3.63, 3.8) is 0 Å². The van der Waals surface area contributed by atoms with Gasteiger partial charge < -0.3 is 10.3 Å². The highest BCUT2D eigenvalue weighted by molar-refractivity contribution is 5.58. The van der Waals surface area contributed by atoms with E-state index in [4.69, 9.17) is 10.3 Å². The van der Waals surface area contributed by atoms with Crippen LogP contribution in [0.25, 0.3) is 11.3 Å². The largest absolute Gasteiger partial charge is 0.359 e. The van der Waals surface area contributed by atoms with Gasteiger partial charge in [0.2, 0.25) is 0 Å². The van der Waals surface area contributed by atoms with Crippen molar-refractivity contribution in [3.05, 3.63) is 42.2 Å². The van der Waals surface area contributed by atoms with E-state index in [9.17, 15) is 0 Å². The average molecular weight is 271 g/mol. The van der Waals surface area contributed by atoms with E-state index in [0.717, 1.165) is 36.7 Å². The van der Waals surface area contributed by atoms with Crippen LogP contribution in [-0.4, -0.2) is 29.2 Å². The monoisotopic (exact) mass is 271 g/mol. The van der Waals surface area contributed by atoms with Crippen LogP contribution in [0.3, 0.4) is 0 Å². The van der Waals surface area contributed by atoms with Gasteiger partial charge in [-0.2, -0.15) is 0 Å². The molecule has 1 aromatic carbocycles. The van der Waals surface area contributed by atoms with Crippen molar-refractivity contribution >= 4 is 0 Å². The van der Waals surface area contributed by atoms with Crippen molar-refractivity contribution in [1.29, 1.82) is 0 Å². The number of hydrogen-bond acceptors (Lipinski definition) is 4. The molecule has 4 nitrogen and oxygen atoms in total. The van der Waals surface area contributed by atoms with Crippen molar-refractivity contribution in [3.8, 4) is 11.3 Å². The molecule has 0 saturated carbocycles. The Bertz CT molecular complexity index is 538. The summed E-state index contributed by atoms with van der Waals surface area (Å²) >= 11 is 0. The first kappa shape index (κ1) is 13.3. The van der Waals surface area contributed by atoms with E-state index in [-0.39, 0.29) is 0 Å². The molecule has 4 heteroatoms. The van der Waals surface area contributed by atoms with Gasteiger partial charge in [-0.3, -0.25) is 4.90 Å². The lowest BCUT2D eigenvalue weighted by molar-refractivity contribution is 0.130. The second kappa shape index (κ2) is 6.20. The number of piperidine rings is 1. The van der Waals surface area contributed by atoms with Gasteiger partial charge in [0, 0.05) is 24.2 Å². The summed E-state index contributed by atoms with van der Waals surface area (Å²) in [6, 6.07) is 12.6. The van der Waals surface area contributed by atoms with Crippen LogP contribution < -0.4 is 5.73 Å². The molecule has 1 aromatic heterocycles. The molecular weight excluding hydrogens is 250 g/mol. The molecular formula is C16H21N3O. The minimum absolute atomic E-state index is 0.481. The van der Waals surface area contributed by atoms with Crippen LogP contribution in [0.2, 0.25) is 0 Å². The van der Waals surface area contributed by atoms with Gasteiger partial charge in [-0.25, -0.2) is 0 Å². The number of rotatable bonds is 4. The van der Waals surface area contributed by atoms with E-state index in [1.165, 1.54) is 19.3 Å². The molecule has 0 radical (unpaired) electrons. The molecule has 1 unspecified atom stereocenters. The SMILES string of the molecule is NCC1CCCCN1Cc1cc(-c2ccccc2)no1. The quantitative estimate of drug-likeness (QED) is 0.929. The van der Waals surface area contributed by atoms with E-state index in [1.54, 1.807) is 0 Å². The van der Waals surface area contributed by atoms with Gasteiger partial charge in [0.15, 0.2) is 5.76 Å². The fraction of sp³-hybridized carbons (Fsp3) is 0.438. The molecule has 0 aliphatic carbocycles. The van der Waals surface area contributed by atoms with Crippen LogP contribution in [0.15, 0.2) is 40.9 Å². The van der Waals surface area contributed by atoms with Gasteiger partial charge in [0.25, 0.3) is 0 Å². The third kappa shape index (κ3) is 2.92. The molecule has 20 heavy (non-hydrogen) atoms. The minimum Gasteiger partial charge on any atom is -0.359 e. The first-order valence-corrected chi connectivity index (χ1v) is 7.32. The van der Waals surface area contributed by atoms with E-state index in [0.29, 0.717) is 6.04 Å². The molecule has 0 amide bonds. The van der Waals surface area contributed by atoms with Crippen LogP contribution in [-0.2, 0) is 6.54 Å². The summed E-state index contributed by atoms with van der Waals surface area (Å²) in [7, 11) is 0. The number of benzene rings is 1. The van der Waals surface area contributed by atoms with Crippen molar-refractivity contribution < 1.29 is 4.52 Å². The summed E-state index contributed by atoms with van der Waals surface area (Å²) in [6.45, 7) is 2.63. The van der Waals surface area contributed by atoms with Crippen LogP contribution in [0.1, 0.15) is 25.0 Å². The highest BCUT2D eigenvalue weighted by Crippen LogP contribution is 2.22. The van der Waals surface area contributed by atoms with Crippen LogP contribution in [0.5, 0.6) is 0 Å². The molecule has 1 saturated heterocycles. The maximum atomic E-state index is 5.86. The highest BCUT2D eigenvalue weighted by atomic mass is 16.5. The maximum absolute atomic E-state index is 5.86. The molecule has 1 atom stereocenters. The number of nitrogens with zero attached hydrogens (tertiary/aromatic N) is 2.